The van der Waals surface area contributed by atoms with Gasteiger partial charge in [-0.1, -0.05) is 0 Å². The van der Waals surface area contributed by atoms with Crippen molar-refractivity contribution in [3.8, 4) is 0 Å². The van der Waals surface area contributed by atoms with Crippen molar-refractivity contribution in [1.29, 1.82) is 0 Å². The van der Waals surface area contributed by atoms with Crippen molar-refractivity contribution in [2.45, 2.75) is 13.0 Å². The third-order valence-electron chi connectivity index (χ3n) is 1.27. The maximum Gasteiger partial charge on any atom is 1.00 e. The molecular weight excluding hydrogens is 217 g/mol. The Morgan fingerprint density at radius 3 is 2.36 bits per heavy atom. The monoisotopic (exact) mass is 227 g/mol. The summed E-state index contributed by atoms with van der Waals surface area (Å²) < 4.78 is 1.92. The molecule has 1 rings (SSSR count). The number of halogens is 1. The fourth-order valence-electron chi connectivity index (χ4n) is 0.816. The molecule has 0 aromatic carbocycles. The molecule has 11 heavy (non-hydrogen) atoms. The zero-order valence-electron chi connectivity index (χ0n) is 7.08. The number of imidazole rings is 1. The average Bonchev–Trinajstić information content (AvgIpc) is 2.13. The summed E-state index contributed by atoms with van der Waals surface area (Å²) in [6.07, 6.45) is 3.64. The van der Waals surface area contributed by atoms with Crippen LogP contribution in [0, 0.1) is 0 Å². The molecule has 0 aliphatic heterocycles. The summed E-state index contributed by atoms with van der Waals surface area (Å²) in [4.78, 5) is 4.05. The van der Waals surface area contributed by atoms with Gasteiger partial charge in [-0.3, -0.25) is 0 Å². The van der Waals surface area contributed by atoms with Crippen LogP contribution in [0.2, 0.25) is 0 Å². The summed E-state index contributed by atoms with van der Waals surface area (Å²) in [6.45, 7) is 1.92. The second-order valence-corrected chi connectivity index (χ2v) is 2.19. The fraction of sp³-hybridized carbons (Fsp3) is 0.500. The van der Waals surface area contributed by atoms with Crippen LogP contribution in [0.3, 0.4) is 0 Å². The molecule has 1 aromatic heterocycles. The molecule has 1 aromatic rings. The Kier molecular flexibility index (Phi) is 7.99. The van der Waals surface area contributed by atoms with E-state index in [4.69, 9.17) is 5.73 Å². The maximum absolute atomic E-state index is 5.58. The summed E-state index contributed by atoms with van der Waals surface area (Å²) in [6, 6.07) is 0.0324. The van der Waals surface area contributed by atoms with E-state index in [0.29, 0.717) is 0 Å². The van der Waals surface area contributed by atoms with E-state index < -0.39 is 0 Å². The molecule has 5 heteroatoms. The van der Waals surface area contributed by atoms with E-state index in [1.807, 2.05) is 24.7 Å². The fourth-order valence-corrected chi connectivity index (χ4v) is 0.816. The van der Waals surface area contributed by atoms with Crippen LogP contribution < -0.4 is 52.3 Å². The van der Waals surface area contributed by atoms with Gasteiger partial charge in [-0.15, -0.1) is 0 Å². The van der Waals surface area contributed by atoms with E-state index in [1.54, 1.807) is 6.20 Å². The molecule has 0 radical (unpaired) electrons. The van der Waals surface area contributed by atoms with Crippen LogP contribution in [-0.4, -0.2) is 9.55 Å². The molecule has 3 nitrogen and oxygen atoms in total. The van der Waals surface area contributed by atoms with Crippen molar-refractivity contribution in [2.75, 3.05) is 0 Å². The summed E-state index contributed by atoms with van der Waals surface area (Å²) in [5.74, 6) is 0.926. The van der Waals surface area contributed by atoms with Gasteiger partial charge in [0, 0.05) is 19.4 Å². The summed E-state index contributed by atoms with van der Waals surface area (Å²) >= 11 is 0. The average molecular weight is 228 g/mol. The number of rotatable bonds is 1. The first-order valence-corrected chi connectivity index (χ1v) is 2.94. The maximum atomic E-state index is 5.58. The third-order valence-corrected chi connectivity index (χ3v) is 1.27. The van der Waals surface area contributed by atoms with E-state index in [9.17, 15) is 0 Å². The molecule has 1 atom stereocenters. The summed E-state index contributed by atoms with van der Waals surface area (Å²) in [7, 11) is 1.94. The van der Waals surface area contributed by atoms with E-state index in [2.05, 4.69) is 4.98 Å². The van der Waals surface area contributed by atoms with E-state index >= 15 is 0 Å². The largest absolute Gasteiger partial charge is 1.00 e. The Morgan fingerprint density at radius 1 is 1.64 bits per heavy atom. The Morgan fingerprint density at radius 2 is 2.18 bits per heavy atom. The molecule has 0 aliphatic rings. The predicted octanol–water partition coefficient (Wildman–Crippen LogP) is -5.55. The van der Waals surface area contributed by atoms with Crippen LogP contribution in [-0.2, 0) is 7.05 Å². The van der Waals surface area contributed by atoms with E-state index in [0.717, 1.165) is 5.82 Å². The number of hydrogen-bond donors (Lipinski definition) is 1. The van der Waals surface area contributed by atoms with Crippen LogP contribution in [0.1, 0.15) is 18.8 Å². The van der Waals surface area contributed by atoms with E-state index in [1.165, 1.54) is 0 Å². The van der Waals surface area contributed by atoms with Gasteiger partial charge in [-0.2, -0.15) is 0 Å². The SMILES string of the molecule is CC(N)c1nccn1C.[Br-].[Na+]. The second kappa shape index (κ2) is 6.20. The normalized spacial score (nSPS) is 11.2. The Balaban J connectivity index is 0. The first-order valence-electron chi connectivity index (χ1n) is 2.94. The van der Waals surface area contributed by atoms with Crippen molar-refractivity contribution < 1.29 is 46.5 Å². The zero-order chi connectivity index (χ0) is 6.85. The molecule has 0 saturated carbocycles. The topological polar surface area (TPSA) is 43.8 Å². The van der Waals surface area contributed by atoms with Gasteiger partial charge in [-0.25, -0.2) is 4.98 Å². The van der Waals surface area contributed by atoms with Gasteiger partial charge < -0.3 is 27.3 Å². The van der Waals surface area contributed by atoms with Gasteiger partial charge in [0.15, 0.2) is 0 Å². The third kappa shape index (κ3) is 3.71. The molecule has 0 spiro atoms. The van der Waals surface area contributed by atoms with Gasteiger partial charge in [0.2, 0.25) is 0 Å². The van der Waals surface area contributed by atoms with Crippen molar-refractivity contribution >= 4 is 0 Å². The number of hydrogen-bond acceptors (Lipinski definition) is 2. The molecule has 0 saturated heterocycles. The van der Waals surface area contributed by atoms with Crippen molar-refractivity contribution in [3.05, 3.63) is 18.2 Å². The molecule has 1 heterocycles. The molecule has 0 aliphatic carbocycles. The minimum Gasteiger partial charge on any atom is -1.00 e. The molecule has 0 bridgehead atoms. The zero-order valence-corrected chi connectivity index (χ0v) is 10.7. The molecule has 2 N–H and O–H groups in total. The molecule has 0 fully saturated rings. The van der Waals surface area contributed by atoms with Crippen LogP contribution in [0.5, 0.6) is 0 Å². The molecule has 58 valence electrons. The van der Waals surface area contributed by atoms with Gasteiger partial charge >= 0.3 is 29.6 Å². The summed E-state index contributed by atoms with van der Waals surface area (Å²) in [5, 5.41) is 0. The second-order valence-electron chi connectivity index (χ2n) is 2.19. The van der Waals surface area contributed by atoms with Crippen molar-refractivity contribution in [1.82, 2.24) is 9.55 Å². The smallest absolute Gasteiger partial charge is 1.00 e. The quantitative estimate of drug-likeness (QED) is 0.487. The molecule has 1 unspecified atom stereocenters. The van der Waals surface area contributed by atoms with Crippen LogP contribution in [0.15, 0.2) is 12.4 Å². The van der Waals surface area contributed by atoms with Gasteiger partial charge in [-0.05, 0) is 6.92 Å². The number of nitrogens with two attached hydrogens (primary N) is 1. The van der Waals surface area contributed by atoms with Crippen molar-refractivity contribution in [3.63, 3.8) is 0 Å². The number of aromatic nitrogens is 2. The van der Waals surface area contributed by atoms with E-state index in [-0.39, 0.29) is 52.6 Å². The van der Waals surface area contributed by atoms with Crippen LogP contribution in [0.25, 0.3) is 0 Å². The summed E-state index contributed by atoms with van der Waals surface area (Å²) in [5.41, 5.74) is 5.58. The minimum absolute atomic E-state index is 0. The Labute approximate surface area is 99.4 Å². The molecule has 0 amide bonds. The first-order chi connectivity index (χ1) is 4.22. The predicted molar refractivity (Wildman–Crippen MR) is 35.8 cm³/mol. The standard InChI is InChI=1S/C6H11N3.BrH.Na/c1-5(7)6-8-3-4-9(6)2;;/h3-5H,7H2,1-2H3;1H;/q;;+1/p-1. The van der Waals surface area contributed by atoms with Crippen LogP contribution >= 0.6 is 0 Å². The van der Waals surface area contributed by atoms with Gasteiger partial charge in [0.1, 0.15) is 5.82 Å². The Hall–Kier alpha value is 0.650. The van der Waals surface area contributed by atoms with Crippen molar-refractivity contribution in [2.24, 2.45) is 12.8 Å². The van der Waals surface area contributed by atoms with Crippen LogP contribution in [0.4, 0.5) is 0 Å². The first kappa shape index (κ1) is 14.2. The number of nitrogens with zero attached hydrogens (tertiary/aromatic N) is 2. The molecular formula is C6H11BrN3Na. The van der Waals surface area contributed by atoms with Gasteiger partial charge in [0.25, 0.3) is 0 Å². The Bertz CT molecular complexity index is 199. The minimum atomic E-state index is 0. The van der Waals surface area contributed by atoms with Gasteiger partial charge in [0.05, 0.1) is 6.04 Å². The number of aryl methyl sites for hydroxylation is 1.